The molecule has 0 fully saturated rings. The fourth-order valence-electron chi connectivity index (χ4n) is 12.3. The first kappa shape index (κ1) is 97.1. The van der Waals surface area contributed by atoms with E-state index >= 15 is 0 Å². The first-order valence-electron chi connectivity index (χ1n) is 42.8. The molecular formula is C87H134N12O19. The number of nitrogens with zero attached hydrogens (tertiary/aromatic N) is 3. The maximum Gasteiger partial charge on any atom is 0.407 e. The number of unbranched alkanes of at least 4 members (excludes halogenated alkanes) is 7. The third kappa shape index (κ3) is 33.6. The van der Waals surface area contributed by atoms with Gasteiger partial charge < -0.3 is 95.2 Å². The van der Waals surface area contributed by atoms with Crippen LogP contribution in [0.4, 0.5) is 4.79 Å². The van der Waals surface area contributed by atoms with Crippen molar-refractivity contribution >= 4 is 53.4 Å². The average molecular weight is 1650 g/mol. The van der Waals surface area contributed by atoms with E-state index in [1.54, 1.807) is 75.4 Å². The highest BCUT2D eigenvalue weighted by Gasteiger charge is 2.31. The van der Waals surface area contributed by atoms with E-state index in [1.165, 1.54) is 0 Å². The molecule has 10 aliphatic heterocycles. The van der Waals surface area contributed by atoms with Crippen molar-refractivity contribution in [1.82, 2.24) is 62.6 Å². The van der Waals surface area contributed by atoms with Crippen LogP contribution in [0.2, 0.25) is 0 Å². The number of benzene rings is 4. The molecule has 0 unspecified atom stereocenters. The number of nitrogens with one attached hydrogen (secondary N) is 9. The number of hydrogen-bond acceptors (Lipinski definition) is 22. The van der Waals surface area contributed by atoms with E-state index in [-0.39, 0.29) is 262 Å². The van der Waals surface area contributed by atoms with Crippen LogP contribution in [0.25, 0.3) is 0 Å². The zero-order chi connectivity index (χ0) is 85.3. The molecule has 0 saturated heterocycles. The summed E-state index contributed by atoms with van der Waals surface area (Å²) in [5.41, 5.74) is 0.578. The van der Waals surface area contributed by atoms with Gasteiger partial charge in [0.25, 0.3) is 47.3 Å². The van der Waals surface area contributed by atoms with Crippen LogP contribution in [0.15, 0.2) is 54.6 Å². The Labute approximate surface area is 697 Å². The van der Waals surface area contributed by atoms with Crippen LogP contribution in [0.1, 0.15) is 242 Å². The highest BCUT2D eigenvalue weighted by molar-refractivity contribution is 6.06. The molecule has 0 saturated carbocycles. The third-order valence-corrected chi connectivity index (χ3v) is 19.1. The summed E-state index contributed by atoms with van der Waals surface area (Å²) in [6.07, 6.45) is 9.43. The minimum atomic E-state index is -0.623. The molecule has 0 spiro atoms. The van der Waals surface area contributed by atoms with Gasteiger partial charge in [0, 0.05) is 118 Å². The molecule has 31 heteroatoms. The Morgan fingerprint density at radius 2 is 0.602 bits per heavy atom. The molecule has 31 nitrogen and oxygen atoms in total. The fourth-order valence-corrected chi connectivity index (χ4v) is 12.3. The lowest BCUT2D eigenvalue weighted by atomic mass is 10.1. The predicted molar refractivity (Wildman–Crippen MR) is 452 cm³/mol. The zero-order valence-corrected chi connectivity index (χ0v) is 71.7. The molecule has 0 aromatic heterocycles. The van der Waals surface area contributed by atoms with Crippen molar-refractivity contribution in [2.45, 2.75) is 165 Å². The van der Waals surface area contributed by atoms with Crippen molar-refractivity contribution in [3.63, 3.8) is 0 Å². The molecule has 118 heavy (non-hydrogen) atoms. The molecule has 4 aromatic carbocycles. The quantitative estimate of drug-likeness (QED) is 0.0186. The van der Waals surface area contributed by atoms with E-state index in [0.29, 0.717) is 58.0 Å². The van der Waals surface area contributed by atoms with Crippen LogP contribution >= 0.6 is 0 Å². The number of ether oxygens (including phenoxy) is 10. The first-order chi connectivity index (χ1) is 57.2. The van der Waals surface area contributed by atoms with Crippen molar-refractivity contribution in [3.05, 3.63) is 99.1 Å². The Bertz CT molecular complexity index is 3670. The number of alkyl carbamates (subject to hydrolysis) is 1. The van der Waals surface area contributed by atoms with E-state index in [0.717, 1.165) is 44.9 Å². The van der Waals surface area contributed by atoms with Crippen LogP contribution in [0.5, 0.6) is 40.2 Å². The Morgan fingerprint density at radius 1 is 0.331 bits per heavy atom. The van der Waals surface area contributed by atoms with Gasteiger partial charge in [-0.3, -0.25) is 53.1 Å². The van der Waals surface area contributed by atoms with Gasteiger partial charge in [0.15, 0.2) is 34.5 Å². The first-order valence-corrected chi connectivity index (χ1v) is 42.8. The lowest BCUT2D eigenvalue weighted by Crippen LogP contribution is -2.46. The smallest absolute Gasteiger partial charge is 0.407 e. The van der Waals surface area contributed by atoms with E-state index in [2.05, 4.69) is 57.7 Å². The Kier molecular flexibility index (Phi) is 45.4. The number of carbonyl (C=O) groups is 9. The molecule has 0 atom stereocenters. The highest BCUT2D eigenvalue weighted by Crippen LogP contribution is 2.39. The SMILES string of the molecule is CCCCOc1c(C(=O)NCCOCCOCCNC(=O)OC(C)(C)C)cccc1C(=O)NCCN1CCNC(=O)c2ccc(c(OCCCC)c2OCCCC)C(=O)NCCN2CCNC(=O)c3ccc(c(OCCCC)c3OCCCC)C(=O)NCCN(CCNC(=O)c3ccc(c(OCCCC)c3OCCCC)C(=O)NCC2)CC1. The van der Waals surface area contributed by atoms with E-state index in [9.17, 15) is 43.2 Å². The van der Waals surface area contributed by atoms with Gasteiger partial charge in [-0.05, 0) is 114 Å². The third-order valence-electron chi connectivity index (χ3n) is 19.1. The van der Waals surface area contributed by atoms with Gasteiger partial charge in [-0.15, -0.1) is 0 Å². The summed E-state index contributed by atoms with van der Waals surface area (Å²) in [5.74, 6) is -3.08. The van der Waals surface area contributed by atoms with E-state index in [1.807, 2.05) is 53.4 Å². The van der Waals surface area contributed by atoms with Gasteiger partial charge in [0.05, 0.1) is 117 Å². The highest BCUT2D eigenvalue weighted by atomic mass is 16.6. The maximum atomic E-state index is 14.9. The Balaban J connectivity index is 1.42. The second kappa shape index (κ2) is 55.1. The zero-order valence-electron chi connectivity index (χ0n) is 71.7. The summed E-state index contributed by atoms with van der Waals surface area (Å²) in [6.45, 7) is 25.1. The fraction of sp³-hybridized carbons (Fsp3) is 0.621. The lowest BCUT2D eigenvalue weighted by molar-refractivity contribution is 0.0399. The van der Waals surface area contributed by atoms with Crippen LogP contribution in [-0.2, 0) is 14.2 Å². The summed E-state index contributed by atoms with van der Waals surface area (Å²) < 4.78 is 61.6. The van der Waals surface area contributed by atoms with Gasteiger partial charge >= 0.3 is 6.09 Å². The summed E-state index contributed by atoms with van der Waals surface area (Å²) in [7, 11) is 0. The van der Waals surface area contributed by atoms with Gasteiger partial charge in [-0.25, -0.2) is 4.79 Å². The van der Waals surface area contributed by atoms with Gasteiger partial charge in [0.1, 0.15) is 11.4 Å². The lowest BCUT2D eigenvalue weighted by Gasteiger charge is -2.28. The molecule has 9 N–H and O–H groups in total. The van der Waals surface area contributed by atoms with Crippen molar-refractivity contribution in [2.24, 2.45) is 0 Å². The van der Waals surface area contributed by atoms with Crippen LogP contribution in [0.3, 0.4) is 0 Å². The van der Waals surface area contributed by atoms with E-state index < -0.39 is 59.0 Å². The minimum absolute atomic E-state index is 0.0704. The van der Waals surface area contributed by atoms with Gasteiger partial charge in [0.2, 0.25) is 0 Å². The van der Waals surface area contributed by atoms with Crippen molar-refractivity contribution < 1.29 is 90.5 Å². The molecule has 10 heterocycles. The molecule has 4 aromatic rings. The second-order valence-electron chi connectivity index (χ2n) is 29.8. The van der Waals surface area contributed by atoms with Gasteiger partial charge in [-0.2, -0.15) is 0 Å². The van der Waals surface area contributed by atoms with Crippen molar-refractivity contribution in [1.29, 1.82) is 0 Å². The normalized spacial score (nSPS) is 15.8. The second-order valence-corrected chi connectivity index (χ2v) is 29.8. The Hall–Kier alpha value is -9.69. The van der Waals surface area contributed by atoms with E-state index in [4.69, 9.17) is 47.4 Å². The van der Waals surface area contributed by atoms with Crippen molar-refractivity contribution in [3.8, 4) is 40.2 Å². The van der Waals surface area contributed by atoms with Gasteiger partial charge in [-0.1, -0.05) is 99.5 Å². The Morgan fingerprint density at radius 3 is 0.898 bits per heavy atom. The summed E-state index contributed by atoms with van der Waals surface area (Å²) >= 11 is 0. The minimum Gasteiger partial charge on any atom is -0.492 e. The number of rotatable bonds is 42. The number of para-hydroxylation sites is 1. The molecule has 0 radical (unpaired) electrons. The summed E-state index contributed by atoms with van der Waals surface area (Å²) in [6, 6.07) is 14.2. The predicted octanol–water partition coefficient (Wildman–Crippen LogP) is 9.37. The largest absolute Gasteiger partial charge is 0.492 e. The molecule has 8 bridgehead atoms. The maximum absolute atomic E-state index is 14.9. The summed E-state index contributed by atoms with van der Waals surface area (Å²) in [5, 5.41) is 27.1. The molecule has 656 valence electrons. The standard InChI is InChI=1S/C87H134N12O19/c1-11-18-52-111-71-63(26-25-27-64(71)79(101)95-41-59-109-61-62-110-60-42-96-86(108)118-87(8,9)10)78(100)88-37-46-98-47-38-92-83(105)68-31-28-65(72(112-53-19-12-2)75(68)115-56-22-15-5)80(102)89-34-43-97-44-35-90-81(103)66-29-32-69(76(116-57-23-16-6)73(66)113-54-20-13-3)84(106)93-39-48-99(51-50-98)49-40-94-85(107)70-33-30-67(82(104)91-36-45-97)74(114-55-21-14-4)77(70)117-58-24-17-7/h25-33H,11-24,34-62H2,1-10H3,(H,88,100)(H,89,102)(H,90,103)(H,91,104)(H,92,105)(H,93,106)(H,94,107)(H,95,101)(H,96,108). The molecule has 14 rings (SSSR count). The van der Waals surface area contributed by atoms with Crippen LogP contribution in [-0.4, -0.2) is 264 Å². The summed E-state index contributed by atoms with van der Waals surface area (Å²) in [4.78, 5) is 135. The van der Waals surface area contributed by atoms with Crippen LogP contribution in [0, 0.1) is 0 Å². The number of carbonyl (C=O) groups excluding carboxylic acids is 9. The molecular weight excluding hydrogens is 1520 g/mol. The molecule has 9 amide bonds. The molecule has 0 aliphatic carbocycles. The molecule has 10 aliphatic rings. The van der Waals surface area contributed by atoms with Crippen LogP contribution < -0.4 is 81.0 Å². The van der Waals surface area contributed by atoms with Crippen molar-refractivity contribution in [2.75, 3.05) is 190 Å². The monoisotopic (exact) mass is 1650 g/mol. The number of amides is 9. The number of hydrogen-bond donors (Lipinski definition) is 9. The average Bonchev–Trinajstić information content (AvgIpc) is 0.812. The topological polar surface area (TPSA) is 364 Å².